The first-order valence-corrected chi connectivity index (χ1v) is 22.1. The average Bonchev–Trinajstić information content (AvgIpc) is 3.15. The van der Waals surface area contributed by atoms with E-state index in [1.807, 2.05) is 0 Å². The summed E-state index contributed by atoms with van der Waals surface area (Å²) in [6.07, 6.45) is 7.39. The molecule has 0 bridgehead atoms. The molecule has 27 heavy (non-hydrogen) atoms. The Bertz CT molecular complexity index is 989. The molecule has 0 saturated carbocycles. The molecular formula is C23H30Cl2SiZr. The Morgan fingerprint density at radius 3 is 2.07 bits per heavy atom. The van der Waals surface area contributed by atoms with Gasteiger partial charge in [0.15, 0.2) is 0 Å². The van der Waals surface area contributed by atoms with Crippen LogP contribution >= 0.6 is 24.8 Å². The van der Waals surface area contributed by atoms with E-state index in [-0.39, 0.29) is 24.8 Å². The summed E-state index contributed by atoms with van der Waals surface area (Å²) in [7, 11) is 0. The van der Waals surface area contributed by atoms with Crippen molar-refractivity contribution in [2.45, 2.75) is 36.3 Å². The number of fused-ring (bicyclic) bond motifs is 2. The van der Waals surface area contributed by atoms with Crippen LogP contribution < -0.4 is 0 Å². The molecule has 0 nitrogen and oxygen atoms in total. The Labute approximate surface area is 178 Å². The topological polar surface area (TPSA) is 0 Å². The van der Waals surface area contributed by atoms with Crippen molar-refractivity contribution in [1.82, 2.24) is 0 Å². The molecule has 4 heteroatoms. The molecule has 2 atom stereocenters. The van der Waals surface area contributed by atoms with Crippen molar-refractivity contribution in [2.24, 2.45) is 0 Å². The third-order valence-electron chi connectivity index (χ3n) is 7.31. The monoisotopic (exact) mass is 494 g/mol. The minimum atomic E-state index is -3.29. The van der Waals surface area contributed by atoms with E-state index in [0.29, 0.717) is 7.25 Å². The SMILES string of the molecule is CC1=Cc2ccccc2[CH]1[Zr]([CH3])(=[SiH2])([CH](C)C)[CH]1C=Cc2ccccc21.Cl.Cl. The zero-order valence-electron chi connectivity index (χ0n) is 16.6. The van der Waals surface area contributed by atoms with E-state index < -0.39 is 17.4 Å². The number of rotatable bonds is 3. The Hall–Kier alpha value is -0.400. The molecule has 0 aliphatic heterocycles. The van der Waals surface area contributed by atoms with Gasteiger partial charge in [0.1, 0.15) is 0 Å². The molecule has 2 aliphatic carbocycles. The zero-order chi connectivity index (χ0) is 17.8. The first kappa shape index (κ1) is 22.9. The Balaban J connectivity index is 0.00000131. The number of benzene rings is 2. The third-order valence-corrected chi connectivity index (χ3v) is 36.8. The first-order chi connectivity index (χ1) is 11.8. The molecule has 0 heterocycles. The molecule has 2 aliphatic rings. The van der Waals surface area contributed by atoms with Crippen LogP contribution in [-0.2, 0) is 17.4 Å². The van der Waals surface area contributed by atoms with Gasteiger partial charge < -0.3 is 0 Å². The van der Waals surface area contributed by atoms with Crippen molar-refractivity contribution in [1.29, 1.82) is 0 Å². The van der Waals surface area contributed by atoms with Crippen LogP contribution in [0.5, 0.6) is 0 Å². The van der Waals surface area contributed by atoms with Gasteiger partial charge in [-0.05, 0) is 0 Å². The van der Waals surface area contributed by atoms with Crippen LogP contribution in [-0.4, -0.2) is 6.88 Å². The summed E-state index contributed by atoms with van der Waals surface area (Å²) in [5, 5.41) is 0. The summed E-state index contributed by atoms with van der Waals surface area (Å²) < 4.78 is 4.78. The van der Waals surface area contributed by atoms with Gasteiger partial charge in [-0.15, -0.1) is 24.8 Å². The molecule has 2 aromatic carbocycles. The summed E-state index contributed by atoms with van der Waals surface area (Å²) in [5.41, 5.74) is 7.66. The maximum Gasteiger partial charge on any atom is -0.147 e. The fourth-order valence-corrected chi connectivity index (χ4v) is 25.7. The number of hydrogen-bond acceptors (Lipinski definition) is 0. The van der Waals surface area contributed by atoms with Crippen LogP contribution in [0.25, 0.3) is 12.2 Å². The normalized spacial score (nSPS) is 20.4. The van der Waals surface area contributed by atoms with Gasteiger partial charge in [-0.25, -0.2) is 0 Å². The van der Waals surface area contributed by atoms with Crippen molar-refractivity contribution in [3.05, 3.63) is 82.4 Å². The summed E-state index contributed by atoms with van der Waals surface area (Å²) in [6, 6.07) is 18.2. The van der Waals surface area contributed by atoms with E-state index in [1.54, 1.807) is 16.7 Å². The number of halogens is 2. The zero-order valence-corrected chi connectivity index (χ0v) is 22.1. The Morgan fingerprint density at radius 2 is 1.44 bits per heavy atom. The minimum Gasteiger partial charge on any atom is -0.147 e. The van der Waals surface area contributed by atoms with Crippen molar-refractivity contribution in [2.75, 3.05) is 0 Å². The van der Waals surface area contributed by atoms with Crippen LogP contribution in [0.1, 0.15) is 50.3 Å². The van der Waals surface area contributed by atoms with Crippen LogP contribution in [0.2, 0.25) is 8.26 Å². The predicted octanol–water partition coefficient (Wildman–Crippen LogP) is 6.87. The molecule has 0 fully saturated rings. The van der Waals surface area contributed by atoms with Gasteiger partial charge in [0.25, 0.3) is 0 Å². The number of hydrogen-bond donors (Lipinski definition) is 0. The molecule has 0 spiro atoms. The molecule has 0 N–H and O–H groups in total. The summed E-state index contributed by atoms with van der Waals surface area (Å²) in [4.78, 5) is 0. The molecule has 144 valence electrons. The fraction of sp³-hybridized carbons (Fsp3) is 0.304. The summed E-state index contributed by atoms with van der Waals surface area (Å²) in [5.74, 6) is 0. The minimum absolute atomic E-state index is 0. The molecule has 0 radical (unpaired) electrons. The van der Waals surface area contributed by atoms with Gasteiger partial charge in [0.2, 0.25) is 0 Å². The molecule has 0 amide bonds. The smallest absolute Gasteiger partial charge is 0.147 e. The predicted molar refractivity (Wildman–Crippen MR) is 125 cm³/mol. The van der Waals surface area contributed by atoms with Gasteiger partial charge >= 0.3 is 155 Å². The Morgan fingerprint density at radius 1 is 0.889 bits per heavy atom. The van der Waals surface area contributed by atoms with E-state index in [2.05, 4.69) is 99.0 Å². The maximum atomic E-state index is 2.74. The molecular weight excluding hydrogens is 466 g/mol. The maximum absolute atomic E-state index is 3.29. The second-order valence-electron chi connectivity index (χ2n) is 8.90. The van der Waals surface area contributed by atoms with Crippen molar-refractivity contribution >= 4 is 43.8 Å². The van der Waals surface area contributed by atoms with E-state index in [9.17, 15) is 0 Å². The van der Waals surface area contributed by atoms with E-state index in [1.165, 1.54) is 11.1 Å². The van der Waals surface area contributed by atoms with Crippen LogP contribution in [0.15, 0.2) is 60.2 Å². The van der Waals surface area contributed by atoms with Crippen LogP contribution in [0.4, 0.5) is 0 Å². The second kappa shape index (κ2) is 7.79. The van der Waals surface area contributed by atoms with Gasteiger partial charge in [-0.2, -0.15) is 0 Å². The summed E-state index contributed by atoms with van der Waals surface area (Å²) >= 11 is -3.29. The average molecular weight is 497 g/mol. The largest absolute Gasteiger partial charge is 0.147 e. The van der Waals surface area contributed by atoms with E-state index in [4.69, 9.17) is 0 Å². The first-order valence-electron chi connectivity index (χ1n) is 9.43. The van der Waals surface area contributed by atoms with E-state index >= 15 is 0 Å². The van der Waals surface area contributed by atoms with Crippen molar-refractivity contribution in [3.63, 3.8) is 0 Å². The van der Waals surface area contributed by atoms with Crippen LogP contribution in [0, 0.1) is 0 Å². The molecule has 2 aromatic rings. The van der Waals surface area contributed by atoms with Crippen molar-refractivity contribution in [3.8, 4) is 0 Å². The van der Waals surface area contributed by atoms with Gasteiger partial charge in [-0.3, -0.25) is 0 Å². The fourth-order valence-electron chi connectivity index (χ4n) is 5.42. The molecule has 4 rings (SSSR count). The third kappa shape index (κ3) is 3.21. The second-order valence-corrected chi connectivity index (χ2v) is 37.6. The van der Waals surface area contributed by atoms with Crippen LogP contribution in [0.3, 0.4) is 0 Å². The van der Waals surface area contributed by atoms with E-state index in [0.717, 1.165) is 3.63 Å². The standard InChI is InChI=1S/C10H9.C9H7.C3H7.CH3.2ClH.H2Si.Zr/c1-8-6-9-4-2-3-5-10(9)7-8;1-2-5-9-7-3-6-8(9)4-1;1-3-2;;;;;/h2-7H,1H3;1-7H;3H,1-2H3;1H3;2*1H;1H2;. The molecule has 0 aromatic heterocycles. The van der Waals surface area contributed by atoms with Gasteiger partial charge in [-0.1, -0.05) is 0 Å². The molecule has 2 unspecified atom stereocenters. The van der Waals surface area contributed by atoms with Gasteiger partial charge in [0.05, 0.1) is 0 Å². The Kier molecular flexibility index (Phi) is 6.60. The quantitative estimate of drug-likeness (QED) is 0.407. The molecule has 0 saturated heterocycles. The summed E-state index contributed by atoms with van der Waals surface area (Å²) in [6.45, 7) is 9.83. The number of allylic oxidation sites excluding steroid dienone is 2. The van der Waals surface area contributed by atoms with Crippen molar-refractivity contribution < 1.29 is 17.4 Å². The van der Waals surface area contributed by atoms with Gasteiger partial charge in [0, 0.05) is 0 Å².